The molecule has 0 radical (unpaired) electrons. The first-order chi connectivity index (χ1) is 11.5. The third-order valence-electron chi connectivity index (χ3n) is 4.59. The molecule has 2 aromatic rings. The Kier molecular flexibility index (Phi) is 4.53. The Morgan fingerprint density at radius 1 is 1.00 bits per heavy atom. The van der Waals surface area contributed by atoms with Crippen LogP contribution in [0.15, 0.2) is 27.8 Å². The number of carbonyl (C=O) groups is 1. The normalized spacial score (nSPS) is 15.6. The van der Waals surface area contributed by atoms with Crippen molar-refractivity contribution in [3.05, 3.63) is 38.9 Å². The zero-order valence-electron chi connectivity index (χ0n) is 14.0. The summed E-state index contributed by atoms with van der Waals surface area (Å²) < 4.78 is 2.65. The fourth-order valence-electron chi connectivity index (χ4n) is 3.18. The first-order valence-corrected chi connectivity index (χ1v) is 8.19. The van der Waals surface area contributed by atoms with Crippen molar-refractivity contribution in [2.24, 2.45) is 14.1 Å². The van der Waals surface area contributed by atoms with Crippen molar-refractivity contribution in [3.8, 4) is 0 Å². The quantitative estimate of drug-likeness (QED) is 0.839. The van der Waals surface area contributed by atoms with Crippen LogP contribution in [0.4, 0.5) is 5.69 Å². The summed E-state index contributed by atoms with van der Waals surface area (Å²) in [5.41, 5.74) is 0.737. The van der Waals surface area contributed by atoms with Gasteiger partial charge in [-0.25, -0.2) is 0 Å². The second kappa shape index (κ2) is 6.60. The van der Waals surface area contributed by atoms with E-state index in [2.05, 4.69) is 10.2 Å². The van der Waals surface area contributed by atoms with Gasteiger partial charge in [0.1, 0.15) is 0 Å². The first-order valence-electron chi connectivity index (χ1n) is 8.19. The predicted molar refractivity (Wildman–Crippen MR) is 93.4 cm³/mol. The smallest absolute Gasteiger partial charge is 0.316 e. The highest BCUT2D eigenvalue weighted by Gasteiger charge is 2.14. The molecule has 1 aliphatic heterocycles. The topological polar surface area (TPSA) is 76.3 Å². The molecule has 0 bridgehead atoms. The van der Waals surface area contributed by atoms with E-state index < -0.39 is 11.1 Å². The van der Waals surface area contributed by atoms with Gasteiger partial charge < -0.3 is 14.5 Å². The predicted octanol–water partition coefficient (Wildman–Crippen LogP) is 0.662. The zero-order chi connectivity index (χ0) is 17.3. The number of hydrogen-bond donors (Lipinski definition) is 1. The highest BCUT2D eigenvalue weighted by Crippen LogP contribution is 2.16. The standard InChI is InChI=1S/C17H22N4O3/c1-19-13-7-6-12(10-14(13)20(2)17(24)16(19)23)18-15(22)11-21-8-4-3-5-9-21/h6-7,10H,3-5,8-9,11H2,1-2H3,(H,18,22). The number of rotatable bonds is 3. The molecular formula is C17H22N4O3. The van der Waals surface area contributed by atoms with Crippen molar-refractivity contribution in [2.45, 2.75) is 19.3 Å². The average molecular weight is 330 g/mol. The Bertz CT molecular complexity index is 891. The van der Waals surface area contributed by atoms with E-state index in [1.54, 1.807) is 32.3 Å². The van der Waals surface area contributed by atoms with Gasteiger partial charge in [-0.15, -0.1) is 0 Å². The lowest BCUT2D eigenvalue weighted by Gasteiger charge is -2.25. The molecule has 3 rings (SSSR count). The van der Waals surface area contributed by atoms with Gasteiger partial charge in [-0.2, -0.15) is 0 Å². The molecule has 1 aromatic heterocycles. The van der Waals surface area contributed by atoms with Crippen molar-refractivity contribution in [3.63, 3.8) is 0 Å². The molecule has 1 N–H and O–H groups in total. The number of fused-ring (bicyclic) bond motifs is 1. The monoisotopic (exact) mass is 330 g/mol. The molecule has 7 nitrogen and oxygen atoms in total. The van der Waals surface area contributed by atoms with Crippen LogP contribution in [0, 0.1) is 0 Å². The zero-order valence-corrected chi connectivity index (χ0v) is 14.0. The maximum atomic E-state index is 12.2. The van der Waals surface area contributed by atoms with Gasteiger partial charge in [-0.3, -0.25) is 19.3 Å². The third kappa shape index (κ3) is 3.12. The molecule has 0 unspecified atom stereocenters. The number of benzene rings is 1. The highest BCUT2D eigenvalue weighted by atomic mass is 16.2. The lowest BCUT2D eigenvalue weighted by atomic mass is 10.1. The molecule has 24 heavy (non-hydrogen) atoms. The van der Waals surface area contributed by atoms with Crippen molar-refractivity contribution in [1.29, 1.82) is 0 Å². The fraction of sp³-hybridized carbons (Fsp3) is 0.471. The van der Waals surface area contributed by atoms with Gasteiger partial charge in [0, 0.05) is 19.8 Å². The van der Waals surface area contributed by atoms with Crippen LogP contribution in [0.5, 0.6) is 0 Å². The number of nitrogens with one attached hydrogen (secondary N) is 1. The molecule has 1 fully saturated rings. The van der Waals surface area contributed by atoms with Crippen LogP contribution in [0.25, 0.3) is 11.0 Å². The number of piperidine rings is 1. The number of nitrogens with zero attached hydrogens (tertiary/aromatic N) is 3. The summed E-state index contributed by atoms with van der Waals surface area (Å²) in [6, 6.07) is 5.22. The minimum absolute atomic E-state index is 0.0638. The average Bonchev–Trinajstić information content (AvgIpc) is 2.59. The number of hydrogen-bond acceptors (Lipinski definition) is 4. The maximum Gasteiger partial charge on any atom is 0.316 e. The molecule has 0 aliphatic carbocycles. The Hall–Kier alpha value is -2.41. The van der Waals surface area contributed by atoms with E-state index in [9.17, 15) is 14.4 Å². The molecule has 2 heterocycles. The van der Waals surface area contributed by atoms with Crippen molar-refractivity contribution < 1.29 is 4.79 Å². The van der Waals surface area contributed by atoms with Gasteiger partial charge in [0.15, 0.2) is 0 Å². The van der Waals surface area contributed by atoms with Crippen molar-refractivity contribution in [1.82, 2.24) is 14.0 Å². The number of carbonyl (C=O) groups excluding carboxylic acids is 1. The molecule has 7 heteroatoms. The summed E-state index contributed by atoms with van der Waals surface area (Å²) in [6.07, 6.45) is 3.51. The van der Waals surface area contributed by atoms with Crippen LogP contribution >= 0.6 is 0 Å². The summed E-state index contributed by atoms with van der Waals surface area (Å²) in [7, 11) is 3.13. The second-order valence-electron chi connectivity index (χ2n) is 6.32. The lowest BCUT2D eigenvalue weighted by Crippen LogP contribution is -2.39. The Morgan fingerprint density at radius 3 is 2.29 bits per heavy atom. The third-order valence-corrected chi connectivity index (χ3v) is 4.59. The molecule has 1 aromatic carbocycles. The molecule has 0 saturated carbocycles. The second-order valence-corrected chi connectivity index (χ2v) is 6.32. The van der Waals surface area contributed by atoms with Gasteiger partial charge in [-0.1, -0.05) is 6.42 Å². The molecule has 0 spiro atoms. The summed E-state index contributed by atoms with van der Waals surface area (Å²) in [5.74, 6) is -0.0638. The van der Waals surface area contributed by atoms with Crippen molar-refractivity contribution >= 4 is 22.6 Å². The van der Waals surface area contributed by atoms with E-state index in [1.165, 1.54) is 15.6 Å². The minimum Gasteiger partial charge on any atom is -0.325 e. The first kappa shape index (κ1) is 16.4. The Morgan fingerprint density at radius 2 is 1.62 bits per heavy atom. The summed E-state index contributed by atoms with van der Waals surface area (Å²) in [6.45, 7) is 2.30. The summed E-state index contributed by atoms with van der Waals surface area (Å²) >= 11 is 0. The molecule has 128 valence electrons. The molecule has 1 saturated heterocycles. The van der Waals surface area contributed by atoms with Crippen LogP contribution in [-0.2, 0) is 18.9 Å². The minimum atomic E-state index is -0.582. The van der Waals surface area contributed by atoms with E-state index in [1.807, 2.05) is 0 Å². The van der Waals surface area contributed by atoms with Crippen LogP contribution in [0.2, 0.25) is 0 Å². The van der Waals surface area contributed by atoms with Gasteiger partial charge in [0.05, 0.1) is 17.6 Å². The van der Waals surface area contributed by atoms with E-state index in [0.717, 1.165) is 25.9 Å². The van der Waals surface area contributed by atoms with Crippen LogP contribution < -0.4 is 16.4 Å². The van der Waals surface area contributed by atoms with Gasteiger partial charge >= 0.3 is 11.1 Å². The molecule has 1 amide bonds. The maximum absolute atomic E-state index is 12.2. The van der Waals surface area contributed by atoms with Gasteiger partial charge in [-0.05, 0) is 44.1 Å². The van der Waals surface area contributed by atoms with E-state index in [-0.39, 0.29) is 5.91 Å². The SMILES string of the molecule is Cn1c(=O)c(=O)n(C)c2cc(NC(=O)CN3CCCCC3)ccc21. The lowest BCUT2D eigenvalue weighted by molar-refractivity contribution is -0.117. The molecular weight excluding hydrogens is 308 g/mol. The Balaban J connectivity index is 1.84. The summed E-state index contributed by atoms with van der Waals surface area (Å²) in [5, 5.41) is 2.88. The summed E-state index contributed by atoms with van der Waals surface area (Å²) in [4.78, 5) is 38.1. The van der Waals surface area contributed by atoms with E-state index in [4.69, 9.17) is 0 Å². The Labute approximate surface area is 139 Å². The van der Waals surface area contributed by atoms with Gasteiger partial charge in [0.2, 0.25) is 5.91 Å². The number of likely N-dealkylation sites (tertiary alicyclic amines) is 1. The van der Waals surface area contributed by atoms with Crippen LogP contribution in [-0.4, -0.2) is 39.6 Å². The molecule has 0 atom stereocenters. The number of amides is 1. The number of aromatic nitrogens is 2. The van der Waals surface area contributed by atoms with E-state index in [0.29, 0.717) is 23.3 Å². The van der Waals surface area contributed by atoms with Gasteiger partial charge in [0.25, 0.3) is 0 Å². The van der Waals surface area contributed by atoms with E-state index >= 15 is 0 Å². The largest absolute Gasteiger partial charge is 0.325 e. The highest BCUT2D eigenvalue weighted by molar-refractivity contribution is 5.94. The molecule has 1 aliphatic rings. The fourth-order valence-corrected chi connectivity index (χ4v) is 3.18. The van der Waals surface area contributed by atoms with Crippen LogP contribution in [0.1, 0.15) is 19.3 Å². The number of anilines is 1. The van der Waals surface area contributed by atoms with Crippen molar-refractivity contribution in [2.75, 3.05) is 25.0 Å². The van der Waals surface area contributed by atoms with Crippen LogP contribution in [0.3, 0.4) is 0 Å². The number of aryl methyl sites for hydroxylation is 2.